The molecule has 1 aromatic carbocycles. The van der Waals surface area contributed by atoms with Gasteiger partial charge < -0.3 is 4.90 Å². The SMILES string of the molecule is CN(Cc1ccc(Cl)cc1Cl)c1ncnc2c1CCC2. The lowest BCUT2D eigenvalue weighted by Gasteiger charge is -2.21. The number of fused-ring (bicyclic) bond motifs is 1. The molecule has 3 nitrogen and oxygen atoms in total. The molecular weight excluding hydrogens is 293 g/mol. The summed E-state index contributed by atoms with van der Waals surface area (Å²) in [6.07, 6.45) is 4.93. The molecule has 1 aliphatic rings. The van der Waals surface area contributed by atoms with Crippen molar-refractivity contribution < 1.29 is 0 Å². The minimum Gasteiger partial charge on any atom is -0.355 e. The molecule has 104 valence electrons. The molecule has 1 aromatic heterocycles. The standard InChI is InChI=1S/C15H15Cl2N3/c1-20(8-10-5-6-11(16)7-13(10)17)15-12-3-2-4-14(12)18-9-19-15/h5-7,9H,2-4,8H2,1H3. The number of aromatic nitrogens is 2. The Kier molecular flexibility index (Phi) is 3.81. The van der Waals surface area contributed by atoms with Crippen LogP contribution in [0.5, 0.6) is 0 Å². The molecule has 0 fully saturated rings. The maximum atomic E-state index is 6.23. The van der Waals surface area contributed by atoms with Gasteiger partial charge in [-0.3, -0.25) is 0 Å². The summed E-state index contributed by atoms with van der Waals surface area (Å²) < 4.78 is 0. The van der Waals surface area contributed by atoms with Crippen molar-refractivity contribution in [2.24, 2.45) is 0 Å². The third-order valence-electron chi connectivity index (χ3n) is 3.64. The highest BCUT2D eigenvalue weighted by molar-refractivity contribution is 6.35. The Morgan fingerprint density at radius 1 is 1.20 bits per heavy atom. The molecule has 0 radical (unpaired) electrons. The van der Waals surface area contributed by atoms with Gasteiger partial charge in [0.25, 0.3) is 0 Å². The molecule has 0 amide bonds. The molecule has 20 heavy (non-hydrogen) atoms. The van der Waals surface area contributed by atoms with Crippen LogP contribution in [0.1, 0.15) is 23.2 Å². The number of anilines is 1. The first kappa shape index (κ1) is 13.7. The van der Waals surface area contributed by atoms with Crippen molar-refractivity contribution in [3.8, 4) is 0 Å². The zero-order valence-electron chi connectivity index (χ0n) is 11.2. The number of rotatable bonds is 3. The molecule has 3 rings (SSSR count). The van der Waals surface area contributed by atoms with Crippen LogP contribution in [0.2, 0.25) is 10.0 Å². The maximum absolute atomic E-state index is 6.23. The highest BCUT2D eigenvalue weighted by atomic mass is 35.5. The first-order valence-corrected chi connectivity index (χ1v) is 7.38. The predicted molar refractivity (Wildman–Crippen MR) is 82.6 cm³/mol. The number of hydrogen-bond donors (Lipinski definition) is 0. The van der Waals surface area contributed by atoms with Crippen LogP contribution in [0.3, 0.4) is 0 Å². The van der Waals surface area contributed by atoms with Gasteiger partial charge in [0, 0.05) is 34.9 Å². The zero-order valence-corrected chi connectivity index (χ0v) is 12.7. The molecule has 0 unspecified atom stereocenters. The van der Waals surface area contributed by atoms with Crippen molar-refractivity contribution in [2.45, 2.75) is 25.8 Å². The fourth-order valence-corrected chi connectivity index (χ4v) is 3.12. The van der Waals surface area contributed by atoms with E-state index >= 15 is 0 Å². The van der Waals surface area contributed by atoms with Gasteiger partial charge in [0.2, 0.25) is 0 Å². The van der Waals surface area contributed by atoms with E-state index in [1.807, 2.05) is 19.2 Å². The second kappa shape index (κ2) is 5.58. The van der Waals surface area contributed by atoms with Gasteiger partial charge >= 0.3 is 0 Å². The Labute approximate surface area is 128 Å². The van der Waals surface area contributed by atoms with Crippen LogP contribution in [-0.2, 0) is 19.4 Å². The predicted octanol–water partition coefficient (Wildman–Crippen LogP) is 3.91. The first-order valence-electron chi connectivity index (χ1n) is 6.63. The summed E-state index contributed by atoms with van der Waals surface area (Å²) in [6, 6.07) is 5.60. The lowest BCUT2D eigenvalue weighted by molar-refractivity contribution is 0.870. The maximum Gasteiger partial charge on any atom is 0.135 e. The summed E-state index contributed by atoms with van der Waals surface area (Å²) >= 11 is 12.2. The fourth-order valence-electron chi connectivity index (χ4n) is 2.65. The summed E-state index contributed by atoms with van der Waals surface area (Å²) in [5.74, 6) is 1.01. The minimum atomic E-state index is 0.657. The van der Waals surface area contributed by atoms with Gasteiger partial charge in [0.15, 0.2) is 0 Å². The van der Waals surface area contributed by atoms with Crippen LogP contribution in [-0.4, -0.2) is 17.0 Å². The van der Waals surface area contributed by atoms with Gasteiger partial charge in [-0.1, -0.05) is 29.3 Å². The van der Waals surface area contributed by atoms with E-state index in [-0.39, 0.29) is 0 Å². The number of benzene rings is 1. The largest absolute Gasteiger partial charge is 0.355 e. The zero-order chi connectivity index (χ0) is 14.1. The lowest BCUT2D eigenvalue weighted by atomic mass is 10.2. The summed E-state index contributed by atoms with van der Waals surface area (Å²) in [7, 11) is 2.03. The molecule has 0 saturated heterocycles. The first-order chi connectivity index (χ1) is 9.65. The smallest absolute Gasteiger partial charge is 0.135 e. The van der Waals surface area contributed by atoms with Gasteiger partial charge in [0.1, 0.15) is 12.1 Å². The van der Waals surface area contributed by atoms with Crippen molar-refractivity contribution in [1.29, 1.82) is 0 Å². The third-order valence-corrected chi connectivity index (χ3v) is 4.22. The average molecular weight is 308 g/mol. The molecular formula is C15H15Cl2N3. The molecule has 2 aromatic rings. The molecule has 0 saturated carbocycles. The van der Waals surface area contributed by atoms with Crippen molar-refractivity contribution >= 4 is 29.0 Å². The van der Waals surface area contributed by atoms with Crippen LogP contribution < -0.4 is 4.90 Å². The normalized spacial score (nSPS) is 13.3. The average Bonchev–Trinajstić information content (AvgIpc) is 2.90. The van der Waals surface area contributed by atoms with Gasteiger partial charge in [-0.25, -0.2) is 9.97 Å². The summed E-state index contributed by atoms with van der Waals surface area (Å²) in [4.78, 5) is 10.9. The molecule has 0 aliphatic heterocycles. The van der Waals surface area contributed by atoms with E-state index in [1.165, 1.54) is 11.3 Å². The monoisotopic (exact) mass is 307 g/mol. The van der Waals surface area contributed by atoms with Crippen LogP contribution in [0, 0.1) is 0 Å². The van der Waals surface area contributed by atoms with Crippen LogP contribution in [0.4, 0.5) is 5.82 Å². The molecule has 1 heterocycles. The Bertz CT molecular complexity index is 643. The number of nitrogens with zero attached hydrogens (tertiary/aromatic N) is 3. The van der Waals surface area contributed by atoms with E-state index in [9.17, 15) is 0 Å². The molecule has 0 spiro atoms. The Morgan fingerprint density at radius 3 is 2.85 bits per heavy atom. The number of hydrogen-bond acceptors (Lipinski definition) is 3. The van der Waals surface area contributed by atoms with Crippen molar-refractivity contribution in [2.75, 3.05) is 11.9 Å². The molecule has 0 atom stereocenters. The van der Waals surface area contributed by atoms with Gasteiger partial charge in [-0.2, -0.15) is 0 Å². The minimum absolute atomic E-state index is 0.657. The van der Waals surface area contributed by atoms with E-state index in [0.717, 1.165) is 30.6 Å². The topological polar surface area (TPSA) is 29.0 Å². The third kappa shape index (κ3) is 2.60. The second-order valence-electron chi connectivity index (χ2n) is 5.07. The highest BCUT2D eigenvalue weighted by Gasteiger charge is 2.19. The molecule has 1 aliphatic carbocycles. The highest BCUT2D eigenvalue weighted by Crippen LogP contribution is 2.29. The van der Waals surface area contributed by atoms with E-state index in [4.69, 9.17) is 23.2 Å². The van der Waals surface area contributed by atoms with Crippen molar-refractivity contribution in [1.82, 2.24) is 9.97 Å². The Balaban J connectivity index is 1.86. The number of aryl methyl sites for hydroxylation is 1. The van der Waals surface area contributed by atoms with Gasteiger partial charge in [-0.05, 0) is 37.0 Å². The summed E-state index contributed by atoms with van der Waals surface area (Å²) in [5.41, 5.74) is 3.51. The van der Waals surface area contributed by atoms with E-state index in [0.29, 0.717) is 16.6 Å². The van der Waals surface area contributed by atoms with Crippen molar-refractivity contribution in [3.63, 3.8) is 0 Å². The van der Waals surface area contributed by atoms with Gasteiger partial charge in [-0.15, -0.1) is 0 Å². The van der Waals surface area contributed by atoms with Crippen molar-refractivity contribution in [3.05, 3.63) is 51.4 Å². The molecule has 5 heteroatoms. The van der Waals surface area contributed by atoms with E-state index in [2.05, 4.69) is 14.9 Å². The van der Waals surface area contributed by atoms with E-state index in [1.54, 1.807) is 12.4 Å². The Morgan fingerprint density at radius 2 is 2.05 bits per heavy atom. The van der Waals surface area contributed by atoms with E-state index < -0.39 is 0 Å². The quantitative estimate of drug-likeness (QED) is 0.861. The summed E-state index contributed by atoms with van der Waals surface area (Å²) in [5, 5.41) is 1.35. The molecule has 0 N–H and O–H groups in total. The molecule has 0 bridgehead atoms. The van der Waals surface area contributed by atoms with Crippen LogP contribution in [0.15, 0.2) is 24.5 Å². The Hall–Kier alpha value is -1.32. The fraction of sp³-hybridized carbons (Fsp3) is 0.333. The van der Waals surface area contributed by atoms with Crippen LogP contribution >= 0.6 is 23.2 Å². The van der Waals surface area contributed by atoms with Gasteiger partial charge in [0.05, 0.1) is 0 Å². The van der Waals surface area contributed by atoms with Crippen LogP contribution in [0.25, 0.3) is 0 Å². The summed E-state index contributed by atoms with van der Waals surface area (Å²) in [6.45, 7) is 0.708. The number of halogens is 2. The lowest BCUT2D eigenvalue weighted by Crippen LogP contribution is -2.20. The second-order valence-corrected chi connectivity index (χ2v) is 5.91.